The number of nitrogens with zero attached hydrogens (tertiary/aromatic N) is 1. The van der Waals surface area contributed by atoms with Gasteiger partial charge in [-0.15, -0.1) is 0 Å². The quantitative estimate of drug-likeness (QED) is 0.861. The second kappa shape index (κ2) is 5.58. The number of rotatable bonds is 3. The van der Waals surface area contributed by atoms with Crippen LogP contribution >= 0.6 is 11.8 Å². The summed E-state index contributed by atoms with van der Waals surface area (Å²) in [6.45, 7) is 3.37. The van der Waals surface area contributed by atoms with Crippen molar-refractivity contribution in [3.63, 3.8) is 0 Å². The van der Waals surface area contributed by atoms with Gasteiger partial charge in [0.1, 0.15) is 5.54 Å². The van der Waals surface area contributed by atoms with Crippen LogP contribution in [0.1, 0.15) is 39.0 Å². The van der Waals surface area contributed by atoms with E-state index in [1.807, 2.05) is 23.6 Å². The number of amides is 2. The first-order valence-electron chi connectivity index (χ1n) is 7.78. The molecule has 0 spiro atoms. The lowest BCUT2D eigenvalue weighted by Crippen LogP contribution is -2.57. The van der Waals surface area contributed by atoms with E-state index >= 15 is 0 Å². The van der Waals surface area contributed by atoms with Crippen molar-refractivity contribution in [1.29, 1.82) is 0 Å². The lowest BCUT2D eigenvalue weighted by molar-refractivity contribution is -0.139. The molecule has 1 unspecified atom stereocenters. The molecule has 1 atom stereocenters. The fraction of sp³-hybridized carbons (Fsp3) is 0.867. The van der Waals surface area contributed by atoms with E-state index in [4.69, 9.17) is 0 Å². The summed E-state index contributed by atoms with van der Waals surface area (Å²) in [5.74, 6) is 3.59. The SMILES string of the molecule is CC1(C2CC2)NC(=O)CCN(CC2CCSCC2)C1=O. The molecule has 20 heavy (non-hydrogen) atoms. The van der Waals surface area contributed by atoms with Gasteiger partial charge in [0, 0.05) is 19.5 Å². The molecule has 2 heterocycles. The minimum atomic E-state index is -0.642. The van der Waals surface area contributed by atoms with Gasteiger partial charge in [-0.25, -0.2) is 0 Å². The summed E-state index contributed by atoms with van der Waals surface area (Å²) in [6.07, 6.45) is 4.99. The number of nitrogens with one attached hydrogen (secondary N) is 1. The molecule has 5 heteroatoms. The van der Waals surface area contributed by atoms with Gasteiger partial charge >= 0.3 is 0 Å². The van der Waals surface area contributed by atoms with Crippen LogP contribution in [0.2, 0.25) is 0 Å². The van der Waals surface area contributed by atoms with E-state index in [1.54, 1.807) is 0 Å². The Morgan fingerprint density at radius 1 is 1.25 bits per heavy atom. The Kier molecular flexibility index (Phi) is 3.98. The zero-order chi connectivity index (χ0) is 14.2. The highest BCUT2D eigenvalue weighted by molar-refractivity contribution is 7.99. The Morgan fingerprint density at radius 3 is 2.60 bits per heavy atom. The predicted molar refractivity (Wildman–Crippen MR) is 80.5 cm³/mol. The molecule has 0 radical (unpaired) electrons. The summed E-state index contributed by atoms with van der Waals surface area (Å²) in [7, 11) is 0. The second-order valence-electron chi connectivity index (χ2n) is 6.58. The molecule has 3 aliphatic rings. The first-order valence-corrected chi connectivity index (χ1v) is 8.93. The van der Waals surface area contributed by atoms with E-state index in [-0.39, 0.29) is 11.8 Å². The summed E-state index contributed by atoms with van der Waals surface area (Å²) < 4.78 is 0. The minimum absolute atomic E-state index is 0.0365. The smallest absolute Gasteiger partial charge is 0.248 e. The van der Waals surface area contributed by atoms with Crippen molar-refractivity contribution in [3.8, 4) is 0 Å². The number of carbonyl (C=O) groups excluding carboxylic acids is 2. The van der Waals surface area contributed by atoms with E-state index < -0.39 is 5.54 Å². The maximum Gasteiger partial charge on any atom is 0.248 e. The largest absolute Gasteiger partial charge is 0.342 e. The van der Waals surface area contributed by atoms with Crippen LogP contribution < -0.4 is 5.32 Å². The Hall–Kier alpha value is -0.710. The number of hydrogen-bond donors (Lipinski definition) is 1. The van der Waals surface area contributed by atoms with Crippen LogP contribution in [-0.4, -0.2) is 46.8 Å². The summed E-state index contributed by atoms with van der Waals surface area (Å²) in [5.41, 5.74) is -0.642. The first-order chi connectivity index (χ1) is 9.59. The number of carbonyl (C=O) groups is 2. The summed E-state index contributed by atoms with van der Waals surface area (Å²) in [6, 6.07) is 0. The van der Waals surface area contributed by atoms with Crippen LogP contribution in [-0.2, 0) is 9.59 Å². The normalized spacial score (nSPS) is 33.0. The molecule has 3 rings (SSSR count). The first kappa shape index (κ1) is 14.2. The van der Waals surface area contributed by atoms with E-state index in [1.165, 1.54) is 24.3 Å². The van der Waals surface area contributed by atoms with Crippen molar-refractivity contribution in [2.24, 2.45) is 11.8 Å². The van der Waals surface area contributed by atoms with Crippen LogP contribution in [0, 0.1) is 11.8 Å². The van der Waals surface area contributed by atoms with Crippen LogP contribution in [0.5, 0.6) is 0 Å². The van der Waals surface area contributed by atoms with Crippen molar-refractivity contribution < 1.29 is 9.59 Å². The van der Waals surface area contributed by atoms with Gasteiger partial charge in [-0.2, -0.15) is 11.8 Å². The van der Waals surface area contributed by atoms with Gasteiger partial charge in [-0.3, -0.25) is 9.59 Å². The number of thioether (sulfide) groups is 1. The van der Waals surface area contributed by atoms with Crippen molar-refractivity contribution in [2.75, 3.05) is 24.6 Å². The third-order valence-corrected chi connectivity index (χ3v) is 6.00. The summed E-state index contributed by atoms with van der Waals surface area (Å²) >= 11 is 2.01. The molecule has 4 nitrogen and oxygen atoms in total. The molecule has 0 aromatic rings. The van der Waals surface area contributed by atoms with Crippen molar-refractivity contribution >= 4 is 23.6 Å². The third-order valence-electron chi connectivity index (χ3n) is 4.95. The topological polar surface area (TPSA) is 49.4 Å². The van der Waals surface area contributed by atoms with Crippen LogP contribution in [0.4, 0.5) is 0 Å². The molecule has 0 bridgehead atoms. The standard InChI is InChI=1S/C15H24N2O2S/c1-15(12-2-3-12)14(19)17(7-4-13(18)16-15)10-11-5-8-20-9-6-11/h11-12H,2-10H2,1H3,(H,16,18). The minimum Gasteiger partial charge on any atom is -0.342 e. The van der Waals surface area contributed by atoms with Crippen molar-refractivity contribution in [2.45, 2.75) is 44.6 Å². The van der Waals surface area contributed by atoms with E-state index in [9.17, 15) is 9.59 Å². The summed E-state index contributed by atoms with van der Waals surface area (Å²) in [5, 5.41) is 3.00. The maximum absolute atomic E-state index is 12.9. The zero-order valence-electron chi connectivity index (χ0n) is 12.2. The van der Waals surface area contributed by atoms with Gasteiger partial charge in [0.15, 0.2) is 0 Å². The van der Waals surface area contributed by atoms with E-state index in [0.29, 0.717) is 24.8 Å². The van der Waals surface area contributed by atoms with Gasteiger partial charge in [0.2, 0.25) is 11.8 Å². The molecule has 2 aliphatic heterocycles. The Bertz CT molecular complexity index is 405. The average Bonchev–Trinajstić information content (AvgIpc) is 3.28. The molecule has 1 saturated carbocycles. The lowest BCUT2D eigenvalue weighted by Gasteiger charge is -2.35. The van der Waals surface area contributed by atoms with Crippen LogP contribution in [0.3, 0.4) is 0 Å². The maximum atomic E-state index is 12.9. The lowest BCUT2D eigenvalue weighted by atomic mass is 9.93. The van der Waals surface area contributed by atoms with Gasteiger partial charge in [-0.1, -0.05) is 0 Å². The monoisotopic (exact) mass is 296 g/mol. The van der Waals surface area contributed by atoms with Crippen molar-refractivity contribution in [1.82, 2.24) is 10.2 Å². The van der Waals surface area contributed by atoms with Gasteiger partial charge in [-0.05, 0) is 55.9 Å². The average molecular weight is 296 g/mol. The predicted octanol–water partition coefficient (Wildman–Crippen LogP) is 1.65. The molecule has 3 fully saturated rings. The highest BCUT2D eigenvalue weighted by atomic mass is 32.2. The Labute approximate surface area is 125 Å². The zero-order valence-corrected chi connectivity index (χ0v) is 13.0. The molecular weight excluding hydrogens is 272 g/mol. The highest BCUT2D eigenvalue weighted by Gasteiger charge is 2.51. The Morgan fingerprint density at radius 2 is 1.95 bits per heavy atom. The van der Waals surface area contributed by atoms with Crippen LogP contribution in [0.15, 0.2) is 0 Å². The van der Waals surface area contributed by atoms with Gasteiger partial charge in [0.25, 0.3) is 0 Å². The fourth-order valence-electron chi connectivity index (χ4n) is 3.42. The molecular formula is C15H24N2O2S. The van der Waals surface area contributed by atoms with E-state index in [2.05, 4.69) is 5.32 Å². The number of hydrogen-bond acceptors (Lipinski definition) is 3. The van der Waals surface area contributed by atoms with Crippen LogP contribution in [0.25, 0.3) is 0 Å². The van der Waals surface area contributed by atoms with Gasteiger partial charge < -0.3 is 10.2 Å². The van der Waals surface area contributed by atoms with Gasteiger partial charge in [0.05, 0.1) is 0 Å². The molecule has 1 aliphatic carbocycles. The molecule has 1 N–H and O–H groups in total. The molecule has 0 aromatic carbocycles. The molecule has 2 amide bonds. The summed E-state index contributed by atoms with van der Waals surface area (Å²) in [4.78, 5) is 26.8. The highest BCUT2D eigenvalue weighted by Crippen LogP contribution is 2.41. The molecule has 0 aromatic heterocycles. The van der Waals surface area contributed by atoms with E-state index in [0.717, 1.165) is 19.4 Å². The molecule has 2 saturated heterocycles. The second-order valence-corrected chi connectivity index (χ2v) is 7.81. The third kappa shape index (κ3) is 2.83. The Balaban J connectivity index is 1.72. The molecule has 112 valence electrons. The van der Waals surface area contributed by atoms with Crippen molar-refractivity contribution in [3.05, 3.63) is 0 Å². The fourth-order valence-corrected chi connectivity index (χ4v) is 4.63.